The van der Waals surface area contributed by atoms with Crippen LogP contribution in [0.1, 0.15) is 28.4 Å². The van der Waals surface area contributed by atoms with E-state index in [9.17, 15) is 4.79 Å². The smallest absolute Gasteiger partial charge is 0.253 e. The van der Waals surface area contributed by atoms with Crippen LogP contribution in [0.2, 0.25) is 0 Å². The van der Waals surface area contributed by atoms with E-state index in [1.165, 1.54) is 0 Å². The second-order valence-electron chi connectivity index (χ2n) is 4.41. The molecule has 0 bridgehead atoms. The summed E-state index contributed by atoms with van der Waals surface area (Å²) in [6.45, 7) is 6.46. The fraction of sp³-hybridized carbons (Fsp3) is 0.462. The van der Waals surface area contributed by atoms with Crippen LogP contribution in [0, 0.1) is 13.8 Å². The highest BCUT2D eigenvalue weighted by molar-refractivity contribution is 5.95. The van der Waals surface area contributed by atoms with Crippen molar-refractivity contribution >= 4 is 5.91 Å². The van der Waals surface area contributed by atoms with Gasteiger partial charge in [0.15, 0.2) is 0 Å². The molecule has 1 aromatic carbocycles. The van der Waals surface area contributed by atoms with Crippen LogP contribution in [0.3, 0.4) is 0 Å². The molecule has 0 fully saturated rings. The van der Waals surface area contributed by atoms with Crippen molar-refractivity contribution in [3.8, 4) is 0 Å². The Morgan fingerprint density at radius 2 is 2.06 bits per heavy atom. The fourth-order valence-electron chi connectivity index (χ4n) is 1.70. The molecule has 0 heterocycles. The van der Waals surface area contributed by atoms with Crippen molar-refractivity contribution in [1.82, 2.24) is 4.90 Å². The minimum atomic E-state index is -0.000865. The molecule has 0 saturated carbocycles. The highest BCUT2D eigenvalue weighted by Crippen LogP contribution is 2.14. The van der Waals surface area contributed by atoms with E-state index < -0.39 is 0 Å². The zero-order chi connectivity index (χ0) is 12.3. The molecule has 1 unspecified atom stereocenters. The summed E-state index contributed by atoms with van der Waals surface area (Å²) in [6, 6.07) is 5.79. The van der Waals surface area contributed by atoms with Gasteiger partial charge in [0.25, 0.3) is 5.91 Å². The Morgan fingerprint density at radius 1 is 1.44 bits per heavy atom. The van der Waals surface area contributed by atoms with E-state index in [0.717, 1.165) is 16.7 Å². The molecule has 1 amide bonds. The number of nitrogens with zero attached hydrogens (tertiary/aromatic N) is 1. The average molecular weight is 220 g/mol. The maximum absolute atomic E-state index is 12.1. The number of amides is 1. The van der Waals surface area contributed by atoms with E-state index in [4.69, 9.17) is 5.73 Å². The van der Waals surface area contributed by atoms with E-state index in [0.29, 0.717) is 6.54 Å². The van der Waals surface area contributed by atoms with Gasteiger partial charge in [-0.3, -0.25) is 4.79 Å². The third-order valence-corrected chi connectivity index (χ3v) is 2.74. The molecule has 0 saturated heterocycles. The van der Waals surface area contributed by atoms with Crippen LogP contribution in [0.5, 0.6) is 0 Å². The first-order chi connectivity index (χ1) is 7.43. The predicted molar refractivity (Wildman–Crippen MR) is 66.5 cm³/mol. The Hall–Kier alpha value is -1.35. The van der Waals surface area contributed by atoms with Crippen LogP contribution in [0.25, 0.3) is 0 Å². The monoisotopic (exact) mass is 220 g/mol. The molecule has 0 aliphatic heterocycles. The summed E-state index contributed by atoms with van der Waals surface area (Å²) in [5.74, 6) is 0.0403. The lowest BCUT2D eigenvalue weighted by Gasteiger charge is -2.20. The summed E-state index contributed by atoms with van der Waals surface area (Å²) in [7, 11) is 1.79. The third kappa shape index (κ3) is 2.83. The van der Waals surface area contributed by atoms with Crippen LogP contribution in [0.4, 0.5) is 0 Å². The van der Waals surface area contributed by atoms with Crippen LogP contribution in [0.15, 0.2) is 18.2 Å². The lowest BCUT2D eigenvalue weighted by atomic mass is 10.0. The highest BCUT2D eigenvalue weighted by Gasteiger charge is 2.15. The van der Waals surface area contributed by atoms with Crippen LogP contribution in [-0.4, -0.2) is 30.4 Å². The Balaban J connectivity index is 2.92. The number of hydrogen-bond donors (Lipinski definition) is 1. The molecular weight excluding hydrogens is 200 g/mol. The first-order valence-electron chi connectivity index (χ1n) is 5.50. The fourth-order valence-corrected chi connectivity index (χ4v) is 1.70. The van der Waals surface area contributed by atoms with Gasteiger partial charge in [-0.2, -0.15) is 0 Å². The van der Waals surface area contributed by atoms with E-state index in [1.54, 1.807) is 11.9 Å². The van der Waals surface area contributed by atoms with Gasteiger partial charge in [-0.25, -0.2) is 0 Å². The molecule has 16 heavy (non-hydrogen) atoms. The highest BCUT2D eigenvalue weighted by atomic mass is 16.2. The van der Waals surface area contributed by atoms with Crippen molar-refractivity contribution in [3.63, 3.8) is 0 Å². The summed E-state index contributed by atoms with van der Waals surface area (Å²) in [6.07, 6.45) is 0. The average Bonchev–Trinajstić information content (AvgIpc) is 2.20. The second-order valence-corrected chi connectivity index (χ2v) is 4.41. The van der Waals surface area contributed by atoms with Crippen molar-refractivity contribution in [2.45, 2.75) is 26.8 Å². The molecule has 2 N–H and O–H groups in total. The molecule has 0 radical (unpaired) electrons. The van der Waals surface area contributed by atoms with E-state index in [-0.39, 0.29) is 11.9 Å². The maximum Gasteiger partial charge on any atom is 0.253 e. The molecule has 0 spiro atoms. The van der Waals surface area contributed by atoms with Gasteiger partial charge >= 0.3 is 0 Å². The number of likely N-dealkylation sites (N-methyl/N-ethyl adjacent to an activating group) is 1. The van der Waals surface area contributed by atoms with E-state index in [2.05, 4.69) is 0 Å². The Bertz CT molecular complexity index is 386. The van der Waals surface area contributed by atoms with Gasteiger partial charge in [0.05, 0.1) is 0 Å². The summed E-state index contributed by atoms with van der Waals surface area (Å²) >= 11 is 0. The predicted octanol–water partition coefficient (Wildman–Crippen LogP) is 1.72. The SMILES string of the molecule is Cc1cccc(C(=O)N(C)CC(C)N)c1C. The van der Waals surface area contributed by atoms with Gasteiger partial charge in [0.1, 0.15) is 0 Å². The van der Waals surface area contributed by atoms with E-state index >= 15 is 0 Å². The van der Waals surface area contributed by atoms with Gasteiger partial charge in [0.2, 0.25) is 0 Å². The van der Waals surface area contributed by atoms with Crippen LogP contribution >= 0.6 is 0 Å². The first-order valence-corrected chi connectivity index (χ1v) is 5.50. The second kappa shape index (κ2) is 5.12. The number of aryl methyl sites for hydroxylation is 1. The summed E-state index contributed by atoms with van der Waals surface area (Å²) in [5, 5.41) is 0. The zero-order valence-electron chi connectivity index (χ0n) is 10.4. The number of nitrogens with two attached hydrogens (primary N) is 1. The van der Waals surface area contributed by atoms with Crippen molar-refractivity contribution in [2.24, 2.45) is 5.73 Å². The summed E-state index contributed by atoms with van der Waals surface area (Å²) in [4.78, 5) is 13.8. The molecule has 1 rings (SSSR count). The standard InChI is InChI=1S/C13H20N2O/c1-9-6-5-7-12(11(9)3)13(16)15(4)8-10(2)14/h5-7,10H,8,14H2,1-4H3. The lowest BCUT2D eigenvalue weighted by molar-refractivity contribution is 0.0788. The normalized spacial score (nSPS) is 12.3. The molecule has 0 aliphatic rings. The lowest BCUT2D eigenvalue weighted by Crippen LogP contribution is -2.37. The Kier molecular flexibility index (Phi) is 4.07. The number of benzene rings is 1. The Morgan fingerprint density at radius 3 is 2.62 bits per heavy atom. The van der Waals surface area contributed by atoms with E-state index in [1.807, 2.05) is 39.0 Å². The number of hydrogen-bond acceptors (Lipinski definition) is 2. The molecule has 3 nitrogen and oxygen atoms in total. The minimum absolute atomic E-state index is 0.000865. The van der Waals surface area contributed by atoms with Gasteiger partial charge < -0.3 is 10.6 Å². The quantitative estimate of drug-likeness (QED) is 0.843. The first kappa shape index (κ1) is 12.7. The van der Waals surface area contributed by atoms with Gasteiger partial charge in [-0.1, -0.05) is 12.1 Å². The maximum atomic E-state index is 12.1. The third-order valence-electron chi connectivity index (χ3n) is 2.74. The van der Waals surface area contributed by atoms with Crippen molar-refractivity contribution < 1.29 is 4.79 Å². The van der Waals surface area contributed by atoms with Gasteiger partial charge in [0, 0.05) is 25.2 Å². The number of rotatable bonds is 3. The Labute approximate surface area is 97.2 Å². The minimum Gasteiger partial charge on any atom is -0.340 e. The summed E-state index contributed by atoms with van der Waals surface area (Å²) in [5.41, 5.74) is 8.63. The zero-order valence-corrected chi connectivity index (χ0v) is 10.4. The molecule has 1 aromatic rings. The molecule has 3 heteroatoms. The van der Waals surface area contributed by atoms with Gasteiger partial charge in [-0.15, -0.1) is 0 Å². The van der Waals surface area contributed by atoms with Crippen LogP contribution < -0.4 is 5.73 Å². The topological polar surface area (TPSA) is 46.3 Å². The summed E-state index contributed by atoms with van der Waals surface area (Å²) < 4.78 is 0. The number of carbonyl (C=O) groups excluding carboxylic acids is 1. The molecule has 0 aliphatic carbocycles. The van der Waals surface area contributed by atoms with Crippen LogP contribution in [-0.2, 0) is 0 Å². The van der Waals surface area contributed by atoms with Crippen molar-refractivity contribution in [2.75, 3.05) is 13.6 Å². The van der Waals surface area contributed by atoms with Gasteiger partial charge in [-0.05, 0) is 38.0 Å². The van der Waals surface area contributed by atoms with Crippen molar-refractivity contribution in [1.29, 1.82) is 0 Å². The number of carbonyl (C=O) groups is 1. The molecule has 1 atom stereocenters. The molecular formula is C13H20N2O. The largest absolute Gasteiger partial charge is 0.340 e. The molecule has 0 aromatic heterocycles. The van der Waals surface area contributed by atoms with Crippen molar-refractivity contribution in [3.05, 3.63) is 34.9 Å². The molecule has 88 valence electrons.